The number of hydrogen-bond acceptors (Lipinski definition) is 5. The molecule has 0 bridgehead atoms. The number of carbonyl (C=O) groups is 1. The van der Waals surface area contributed by atoms with E-state index in [0.29, 0.717) is 32.1 Å². The molecule has 0 aromatic rings. The van der Waals surface area contributed by atoms with Crippen LogP contribution in [0.3, 0.4) is 0 Å². The third kappa shape index (κ3) is 14.5. The SMILES string of the molecule is CCCCCCCC/C(=C\C/C=C\C/C=C(\CCCC=O)[N+](=O)[O-])[N+](=O)[O-]. The smallest absolute Gasteiger partial charge is 0.242 e. The number of hydrogen-bond donors (Lipinski definition) is 0. The molecule has 0 atom stereocenters. The zero-order valence-corrected chi connectivity index (χ0v) is 16.3. The summed E-state index contributed by atoms with van der Waals surface area (Å²) < 4.78 is 0. The maximum absolute atomic E-state index is 11.1. The van der Waals surface area contributed by atoms with Gasteiger partial charge in [-0.15, -0.1) is 0 Å². The Morgan fingerprint density at radius 3 is 1.74 bits per heavy atom. The molecule has 7 heteroatoms. The van der Waals surface area contributed by atoms with Crippen molar-refractivity contribution in [2.24, 2.45) is 0 Å². The van der Waals surface area contributed by atoms with Crippen molar-refractivity contribution in [2.75, 3.05) is 0 Å². The van der Waals surface area contributed by atoms with Gasteiger partial charge >= 0.3 is 0 Å². The fraction of sp³-hybridized carbons (Fsp3) is 0.650. The first-order valence-electron chi connectivity index (χ1n) is 9.78. The number of nitro groups is 2. The molecule has 0 saturated heterocycles. The molecular formula is C20H32N2O5. The minimum Gasteiger partial charge on any atom is -0.303 e. The van der Waals surface area contributed by atoms with Crippen LogP contribution in [0.5, 0.6) is 0 Å². The van der Waals surface area contributed by atoms with Crippen molar-refractivity contribution in [3.05, 3.63) is 55.9 Å². The zero-order valence-electron chi connectivity index (χ0n) is 16.3. The van der Waals surface area contributed by atoms with Crippen LogP contribution in [0.2, 0.25) is 0 Å². The summed E-state index contributed by atoms with van der Waals surface area (Å²) >= 11 is 0. The largest absolute Gasteiger partial charge is 0.303 e. The van der Waals surface area contributed by atoms with Gasteiger partial charge in [-0.3, -0.25) is 20.2 Å². The van der Waals surface area contributed by atoms with E-state index in [2.05, 4.69) is 6.92 Å². The van der Waals surface area contributed by atoms with Crippen molar-refractivity contribution in [2.45, 2.75) is 84.0 Å². The Labute approximate surface area is 161 Å². The van der Waals surface area contributed by atoms with Gasteiger partial charge < -0.3 is 4.79 Å². The monoisotopic (exact) mass is 380 g/mol. The molecule has 27 heavy (non-hydrogen) atoms. The normalized spacial score (nSPS) is 12.5. The van der Waals surface area contributed by atoms with Gasteiger partial charge in [0.05, 0.1) is 9.85 Å². The Morgan fingerprint density at radius 1 is 0.778 bits per heavy atom. The van der Waals surface area contributed by atoms with E-state index in [-0.39, 0.29) is 22.7 Å². The van der Waals surface area contributed by atoms with E-state index >= 15 is 0 Å². The van der Waals surface area contributed by atoms with E-state index in [9.17, 15) is 25.0 Å². The number of allylic oxidation sites excluding steroid dienone is 6. The lowest BCUT2D eigenvalue weighted by atomic mass is 10.1. The Bertz CT molecular complexity index is 538. The van der Waals surface area contributed by atoms with Gasteiger partial charge in [0.2, 0.25) is 11.4 Å². The van der Waals surface area contributed by atoms with E-state index in [4.69, 9.17) is 0 Å². The van der Waals surface area contributed by atoms with Gasteiger partial charge in [-0.2, -0.15) is 0 Å². The summed E-state index contributed by atoms with van der Waals surface area (Å²) in [5.74, 6) is 0. The number of aldehydes is 1. The molecule has 0 heterocycles. The highest BCUT2D eigenvalue weighted by Crippen LogP contribution is 2.13. The Morgan fingerprint density at radius 2 is 1.26 bits per heavy atom. The standard InChI is InChI=1S/C20H32N2O5/c1-2-3-4-5-6-9-14-19(21(24)25)15-10-7-8-11-16-20(22(26)27)17-12-13-18-23/h7-8,15-16,18H,2-6,9-14,17H2,1H3/b8-7-,19-15+,20-16+. The third-order valence-corrected chi connectivity index (χ3v) is 4.16. The van der Waals surface area contributed by atoms with Crippen LogP contribution < -0.4 is 0 Å². The van der Waals surface area contributed by atoms with Crippen LogP contribution in [0, 0.1) is 20.2 Å². The highest BCUT2D eigenvalue weighted by Gasteiger charge is 2.09. The predicted octanol–water partition coefficient (Wildman–Crippen LogP) is 5.76. The van der Waals surface area contributed by atoms with Gasteiger partial charge in [0, 0.05) is 19.3 Å². The minimum atomic E-state index is -0.427. The summed E-state index contributed by atoms with van der Waals surface area (Å²) in [5, 5.41) is 22.0. The van der Waals surface area contributed by atoms with E-state index < -0.39 is 4.92 Å². The average molecular weight is 380 g/mol. The van der Waals surface area contributed by atoms with Gasteiger partial charge in [-0.05, 0) is 37.8 Å². The van der Waals surface area contributed by atoms with Crippen LogP contribution in [0.4, 0.5) is 0 Å². The summed E-state index contributed by atoms with van der Waals surface area (Å²) in [6, 6.07) is 0. The lowest BCUT2D eigenvalue weighted by molar-refractivity contribution is -0.428. The fourth-order valence-electron chi connectivity index (χ4n) is 2.59. The zero-order chi connectivity index (χ0) is 20.3. The molecule has 152 valence electrons. The average Bonchev–Trinajstić information content (AvgIpc) is 2.63. The summed E-state index contributed by atoms with van der Waals surface area (Å²) in [7, 11) is 0. The van der Waals surface area contributed by atoms with Gasteiger partial charge in [0.25, 0.3) is 0 Å². The molecule has 0 spiro atoms. The molecule has 0 aliphatic rings. The molecule has 7 nitrogen and oxygen atoms in total. The van der Waals surface area contributed by atoms with Gasteiger partial charge in [-0.1, -0.05) is 51.2 Å². The quantitative estimate of drug-likeness (QED) is 0.105. The van der Waals surface area contributed by atoms with Crippen molar-refractivity contribution in [3.8, 4) is 0 Å². The van der Waals surface area contributed by atoms with Gasteiger partial charge in [0.1, 0.15) is 6.29 Å². The van der Waals surface area contributed by atoms with Crippen LogP contribution >= 0.6 is 0 Å². The Balaban J connectivity index is 4.29. The first kappa shape index (κ1) is 24.7. The summed E-state index contributed by atoms with van der Waals surface area (Å²) in [6.07, 6.45) is 16.4. The lowest BCUT2D eigenvalue weighted by Gasteiger charge is -2.00. The van der Waals surface area contributed by atoms with Crippen molar-refractivity contribution in [3.63, 3.8) is 0 Å². The molecule has 0 radical (unpaired) electrons. The second-order valence-electron chi connectivity index (χ2n) is 6.42. The van der Waals surface area contributed by atoms with Crippen molar-refractivity contribution < 1.29 is 14.6 Å². The Kier molecular flexibility index (Phi) is 15.7. The van der Waals surface area contributed by atoms with Crippen LogP contribution in [-0.2, 0) is 4.79 Å². The number of carbonyl (C=O) groups excluding carboxylic acids is 1. The molecule has 0 aromatic carbocycles. The highest BCUT2D eigenvalue weighted by atomic mass is 16.6. The molecular weight excluding hydrogens is 348 g/mol. The first-order chi connectivity index (χ1) is 13.0. The van der Waals surface area contributed by atoms with E-state index in [1.807, 2.05) is 0 Å². The molecule has 0 saturated carbocycles. The topological polar surface area (TPSA) is 103 Å². The molecule has 0 N–H and O–H groups in total. The molecule has 0 amide bonds. The summed E-state index contributed by atoms with van der Waals surface area (Å²) in [4.78, 5) is 31.5. The molecule has 0 unspecified atom stereocenters. The number of unbranched alkanes of at least 4 members (excludes halogenated alkanes) is 6. The molecule has 0 fully saturated rings. The van der Waals surface area contributed by atoms with E-state index in [0.717, 1.165) is 25.5 Å². The number of rotatable bonds is 17. The van der Waals surface area contributed by atoms with Gasteiger partial charge in [-0.25, -0.2) is 0 Å². The maximum atomic E-state index is 11.1. The van der Waals surface area contributed by atoms with Crippen molar-refractivity contribution in [1.29, 1.82) is 0 Å². The van der Waals surface area contributed by atoms with Crippen LogP contribution in [0.25, 0.3) is 0 Å². The van der Waals surface area contributed by atoms with Crippen LogP contribution in [0.15, 0.2) is 35.7 Å². The molecule has 0 aromatic heterocycles. The van der Waals surface area contributed by atoms with Crippen LogP contribution in [0.1, 0.15) is 84.0 Å². The first-order valence-corrected chi connectivity index (χ1v) is 9.78. The van der Waals surface area contributed by atoms with Crippen LogP contribution in [-0.4, -0.2) is 16.1 Å². The summed E-state index contributed by atoms with van der Waals surface area (Å²) in [6.45, 7) is 2.16. The van der Waals surface area contributed by atoms with Gasteiger partial charge in [0.15, 0.2) is 0 Å². The molecule has 0 aliphatic heterocycles. The molecule has 0 aliphatic carbocycles. The Hall–Kier alpha value is -2.31. The highest BCUT2D eigenvalue weighted by molar-refractivity contribution is 5.49. The summed E-state index contributed by atoms with van der Waals surface area (Å²) in [5.41, 5.74) is 0.344. The lowest BCUT2D eigenvalue weighted by Crippen LogP contribution is -1.99. The van der Waals surface area contributed by atoms with E-state index in [1.54, 1.807) is 18.2 Å². The van der Waals surface area contributed by atoms with E-state index in [1.165, 1.54) is 25.3 Å². The fourth-order valence-corrected chi connectivity index (χ4v) is 2.59. The predicted molar refractivity (Wildman–Crippen MR) is 106 cm³/mol. The minimum absolute atomic E-state index is 0.103. The van der Waals surface area contributed by atoms with Crippen molar-refractivity contribution in [1.82, 2.24) is 0 Å². The van der Waals surface area contributed by atoms with Crippen molar-refractivity contribution >= 4 is 6.29 Å². The molecule has 0 rings (SSSR count). The second kappa shape index (κ2) is 17.1. The number of nitrogens with zero attached hydrogens (tertiary/aromatic N) is 2. The second-order valence-corrected chi connectivity index (χ2v) is 6.42. The maximum Gasteiger partial charge on any atom is 0.242 e. The third-order valence-electron chi connectivity index (χ3n) is 4.16.